The monoisotopic (exact) mass is 321 g/mol. The highest BCUT2D eigenvalue weighted by Crippen LogP contribution is 2.11. The predicted octanol–water partition coefficient (Wildman–Crippen LogP) is 4.77. The van der Waals surface area contributed by atoms with E-state index in [9.17, 15) is 9.59 Å². The zero-order valence-corrected chi connectivity index (χ0v) is 14.1. The van der Waals surface area contributed by atoms with Crippen molar-refractivity contribution in [1.29, 1.82) is 0 Å². The van der Waals surface area contributed by atoms with E-state index in [1.54, 1.807) is 24.3 Å². The number of esters is 1. The molecule has 5 heteroatoms. The molecule has 0 aliphatic carbocycles. The smallest absolute Gasteiger partial charge is 0.411 e. The number of carbonyl (C=O) groups is 2. The summed E-state index contributed by atoms with van der Waals surface area (Å²) in [5.41, 5.74) is 1.07. The van der Waals surface area contributed by atoms with Crippen molar-refractivity contribution >= 4 is 17.7 Å². The van der Waals surface area contributed by atoms with Crippen LogP contribution in [-0.2, 0) is 9.47 Å². The SMILES string of the molecule is CCCCCCOC(=O)c1ccc(NC(=O)OCCCC)cc1. The van der Waals surface area contributed by atoms with E-state index in [1.165, 1.54) is 0 Å². The van der Waals surface area contributed by atoms with Crippen molar-refractivity contribution in [1.82, 2.24) is 0 Å². The Labute approximate surface area is 138 Å². The van der Waals surface area contributed by atoms with E-state index in [1.807, 2.05) is 6.92 Å². The average molecular weight is 321 g/mol. The number of unbranched alkanes of at least 4 members (excludes halogenated alkanes) is 4. The van der Waals surface area contributed by atoms with Crippen molar-refractivity contribution in [3.05, 3.63) is 29.8 Å². The van der Waals surface area contributed by atoms with Crippen LogP contribution in [0, 0.1) is 0 Å². The van der Waals surface area contributed by atoms with Gasteiger partial charge in [-0.1, -0.05) is 39.5 Å². The zero-order chi connectivity index (χ0) is 16.9. The molecule has 0 saturated carbocycles. The molecular weight excluding hydrogens is 294 g/mol. The molecule has 0 aliphatic rings. The molecule has 0 spiro atoms. The van der Waals surface area contributed by atoms with Gasteiger partial charge >= 0.3 is 12.1 Å². The lowest BCUT2D eigenvalue weighted by Crippen LogP contribution is -2.14. The van der Waals surface area contributed by atoms with Gasteiger partial charge in [0.15, 0.2) is 0 Å². The molecule has 0 fully saturated rings. The number of carbonyl (C=O) groups excluding carboxylic acids is 2. The van der Waals surface area contributed by atoms with Crippen LogP contribution in [0.25, 0.3) is 0 Å². The number of rotatable bonds is 10. The first-order valence-electron chi connectivity index (χ1n) is 8.38. The molecule has 0 aromatic heterocycles. The molecule has 0 bridgehead atoms. The largest absolute Gasteiger partial charge is 0.462 e. The fourth-order valence-electron chi connectivity index (χ4n) is 1.93. The van der Waals surface area contributed by atoms with Crippen LogP contribution in [0.1, 0.15) is 62.7 Å². The van der Waals surface area contributed by atoms with E-state index in [0.717, 1.165) is 38.5 Å². The molecule has 1 rings (SSSR count). The first-order valence-corrected chi connectivity index (χ1v) is 8.38. The summed E-state index contributed by atoms with van der Waals surface area (Å²) in [7, 11) is 0. The maximum atomic E-state index is 11.9. The molecule has 0 aliphatic heterocycles. The van der Waals surface area contributed by atoms with Crippen molar-refractivity contribution in [2.45, 2.75) is 52.4 Å². The number of hydrogen-bond acceptors (Lipinski definition) is 4. The van der Waals surface area contributed by atoms with Crippen molar-refractivity contribution in [3.63, 3.8) is 0 Å². The van der Waals surface area contributed by atoms with Gasteiger partial charge in [-0.2, -0.15) is 0 Å². The quantitative estimate of drug-likeness (QED) is 0.498. The zero-order valence-electron chi connectivity index (χ0n) is 14.1. The van der Waals surface area contributed by atoms with E-state index in [4.69, 9.17) is 9.47 Å². The summed E-state index contributed by atoms with van der Waals surface area (Å²) >= 11 is 0. The molecule has 0 radical (unpaired) electrons. The molecule has 1 N–H and O–H groups in total. The van der Waals surface area contributed by atoms with Gasteiger partial charge < -0.3 is 9.47 Å². The molecule has 1 aromatic carbocycles. The second kappa shape index (κ2) is 11.5. The summed E-state index contributed by atoms with van der Waals surface area (Å²) in [5, 5.41) is 2.62. The summed E-state index contributed by atoms with van der Waals surface area (Å²) in [6, 6.07) is 6.59. The van der Waals surface area contributed by atoms with Crippen molar-refractivity contribution in [2.24, 2.45) is 0 Å². The highest BCUT2D eigenvalue weighted by atomic mass is 16.5. The maximum absolute atomic E-state index is 11.9. The van der Waals surface area contributed by atoms with E-state index in [-0.39, 0.29) is 5.97 Å². The van der Waals surface area contributed by atoms with E-state index >= 15 is 0 Å². The fourth-order valence-corrected chi connectivity index (χ4v) is 1.93. The Balaban J connectivity index is 2.34. The summed E-state index contributed by atoms with van der Waals surface area (Å²) in [6.45, 7) is 5.03. The highest BCUT2D eigenvalue weighted by molar-refractivity contribution is 5.91. The topological polar surface area (TPSA) is 64.6 Å². The molecule has 0 atom stereocenters. The van der Waals surface area contributed by atoms with Crippen LogP contribution in [0.5, 0.6) is 0 Å². The minimum Gasteiger partial charge on any atom is -0.462 e. The van der Waals surface area contributed by atoms with Gasteiger partial charge in [0.1, 0.15) is 0 Å². The van der Waals surface area contributed by atoms with Crippen LogP contribution in [0.3, 0.4) is 0 Å². The molecule has 1 amide bonds. The first-order chi connectivity index (χ1) is 11.2. The van der Waals surface area contributed by atoms with Crippen LogP contribution in [0.2, 0.25) is 0 Å². The minimum absolute atomic E-state index is 0.335. The molecule has 0 heterocycles. The average Bonchev–Trinajstić information content (AvgIpc) is 2.55. The molecule has 23 heavy (non-hydrogen) atoms. The summed E-state index contributed by atoms with van der Waals surface area (Å²) in [4.78, 5) is 23.4. The molecule has 0 saturated heterocycles. The first kappa shape index (κ1) is 19.0. The van der Waals surface area contributed by atoms with Crippen molar-refractivity contribution in [2.75, 3.05) is 18.5 Å². The van der Waals surface area contributed by atoms with Gasteiger partial charge in [0.05, 0.1) is 18.8 Å². The van der Waals surface area contributed by atoms with Crippen molar-refractivity contribution < 1.29 is 19.1 Å². The summed E-state index contributed by atoms with van der Waals surface area (Å²) in [6.07, 6.45) is 5.62. The predicted molar refractivity (Wildman–Crippen MR) is 90.7 cm³/mol. The fraction of sp³-hybridized carbons (Fsp3) is 0.556. The van der Waals surface area contributed by atoms with Crippen molar-refractivity contribution in [3.8, 4) is 0 Å². The number of amides is 1. The lowest BCUT2D eigenvalue weighted by molar-refractivity contribution is 0.0498. The number of ether oxygens (including phenoxy) is 2. The normalized spacial score (nSPS) is 10.2. The van der Waals surface area contributed by atoms with Gasteiger partial charge in [-0.05, 0) is 37.1 Å². The van der Waals surface area contributed by atoms with Gasteiger partial charge in [-0.25, -0.2) is 9.59 Å². The van der Waals surface area contributed by atoms with Gasteiger partial charge in [0.25, 0.3) is 0 Å². The van der Waals surface area contributed by atoms with Crippen LogP contribution in [0.4, 0.5) is 10.5 Å². The molecule has 0 unspecified atom stereocenters. The van der Waals surface area contributed by atoms with Gasteiger partial charge in [0.2, 0.25) is 0 Å². The highest BCUT2D eigenvalue weighted by Gasteiger charge is 2.08. The Bertz CT molecular complexity index is 470. The van der Waals surface area contributed by atoms with Gasteiger partial charge in [-0.3, -0.25) is 5.32 Å². The Morgan fingerprint density at radius 3 is 2.17 bits per heavy atom. The Kier molecular flexibility index (Phi) is 9.52. The number of anilines is 1. The number of benzene rings is 1. The third kappa shape index (κ3) is 8.24. The van der Waals surface area contributed by atoms with Crippen LogP contribution < -0.4 is 5.32 Å². The lowest BCUT2D eigenvalue weighted by atomic mass is 10.2. The minimum atomic E-state index is -0.482. The Morgan fingerprint density at radius 1 is 0.870 bits per heavy atom. The van der Waals surface area contributed by atoms with E-state index in [0.29, 0.717) is 24.5 Å². The van der Waals surface area contributed by atoms with Crippen LogP contribution in [0.15, 0.2) is 24.3 Å². The van der Waals surface area contributed by atoms with Crippen LogP contribution >= 0.6 is 0 Å². The Morgan fingerprint density at radius 2 is 1.52 bits per heavy atom. The number of hydrogen-bond donors (Lipinski definition) is 1. The Hall–Kier alpha value is -2.04. The second-order valence-corrected chi connectivity index (χ2v) is 5.39. The van der Waals surface area contributed by atoms with E-state index in [2.05, 4.69) is 12.2 Å². The maximum Gasteiger partial charge on any atom is 0.411 e. The standard InChI is InChI=1S/C18H27NO4/c1-3-5-7-8-14-22-17(20)15-9-11-16(12-10-15)19-18(21)23-13-6-4-2/h9-12H,3-8,13-14H2,1-2H3,(H,19,21). The molecule has 128 valence electrons. The summed E-state index contributed by atoms with van der Waals surface area (Å²) in [5.74, 6) is -0.335. The van der Waals surface area contributed by atoms with Gasteiger partial charge in [-0.15, -0.1) is 0 Å². The number of nitrogens with one attached hydrogen (secondary N) is 1. The molecular formula is C18H27NO4. The van der Waals surface area contributed by atoms with Crippen LogP contribution in [-0.4, -0.2) is 25.3 Å². The molecule has 1 aromatic rings. The third-order valence-electron chi connectivity index (χ3n) is 3.33. The summed E-state index contributed by atoms with van der Waals surface area (Å²) < 4.78 is 10.2. The van der Waals surface area contributed by atoms with E-state index < -0.39 is 6.09 Å². The molecule has 5 nitrogen and oxygen atoms in total. The lowest BCUT2D eigenvalue weighted by Gasteiger charge is -2.08. The second-order valence-electron chi connectivity index (χ2n) is 5.39. The third-order valence-corrected chi connectivity index (χ3v) is 3.33. The van der Waals surface area contributed by atoms with Gasteiger partial charge in [0, 0.05) is 5.69 Å².